The van der Waals surface area contributed by atoms with E-state index in [4.69, 9.17) is 22.3 Å². The van der Waals surface area contributed by atoms with E-state index in [0.717, 1.165) is 12.0 Å². The third kappa shape index (κ3) is 4.94. The van der Waals surface area contributed by atoms with E-state index < -0.39 is 11.6 Å². The Morgan fingerprint density at radius 2 is 1.85 bits per heavy atom. The highest BCUT2D eigenvalue weighted by Crippen LogP contribution is 2.41. The number of carbonyl (C=O) groups is 1. The second-order valence-corrected chi connectivity index (χ2v) is 10.8. The molecule has 0 saturated carbocycles. The summed E-state index contributed by atoms with van der Waals surface area (Å²) in [6.45, 7) is 3.11. The van der Waals surface area contributed by atoms with Crippen molar-refractivity contribution in [2.24, 2.45) is 10.7 Å². The van der Waals surface area contributed by atoms with Crippen molar-refractivity contribution in [3.8, 4) is 0 Å². The minimum atomic E-state index is -0.697. The Kier molecular flexibility index (Phi) is 6.56. The van der Waals surface area contributed by atoms with Gasteiger partial charge in [-0.15, -0.1) is 0 Å². The van der Waals surface area contributed by atoms with Crippen molar-refractivity contribution in [2.45, 2.75) is 25.3 Å². The predicted molar refractivity (Wildman–Crippen MR) is 152 cm³/mol. The fraction of sp³-hybridized carbons (Fsp3) is 0.200. The SMILES string of the molecule is CC1(N)CCN(C(=O)c2ccc(Nc3ncc4c(n3)C3=CN=C(Cl)C=C(c5c(F)cccc5F)C3=CC4)cc2)C1. The molecule has 0 bridgehead atoms. The van der Waals surface area contributed by atoms with Crippen molar-refractivity contribution in [1.82, 2.24) is 14.9 Å². The Balaban J connectivity index is 1.27. The molecule has 1 aromatic heterocycles. The quantitative estimate of drug-likeness (QED) is 0.433. The molecule has 3 heterocycles. The first-order valence-corrected chi connectivity index (χ1v) is 13.2. The number of benzene rings is 2. The average molecular weight is 559 g/mol. The molecule has 7 nitrogen and oxygen atoms in total. The van der Waals surface area contributed by atoms with Crippen LogP contribution < -0.4 is 11.1 Å². The summed E-state index contributed by atoms with van der Waals surface area (Å²) < 4.78 is 29.6. The number of nitrogens with two attached hydrogens (primary N) is 1. The van der Waals surface area contributed by atoms with Gasteiger partial charge in [0.15, 0.2) is 0 Å². The highest BCUT2D eigenvalue weighted by atomic mass is 35.5. The molecule has 1 aliphatic carbocycles. The zero-order valence-electron chi connectivity index (χ0n) is 21.6. The van der Waals surface area contributed by atoms with Crippen molar-refractivity contribution in [3.05, 3.63) is 107 Å². The molecule has 1 fully saturated rings. The summed E-state index contributed by atoms with van der Waals surface area (Å²) in [7, 11) is 0. The average Bonchev–Trinajstić information content (AvgIpc) is 3.21. The van der Waals surface area contributed by atoms with Gasteiger partial charge in [0.25, 0.3) is 5.91 Å². The Morgan fingerprint density at radius 3 is 2.55 bits per heavy atom. The molecule has 40 heavy (non-hydrogen) atoms. The first-order chi connectivity index (χ1) is 19.2. The van der Waals surface area contributed by atoms with E-state index in [9.17, 15) is 13.6 Å². The summed E-state index contributed by atoms with van der Waals surface area (Å²) in [4.78, 5) is 28.1. The number of carbonyl (C=O) groups excluding carboxylic acids is 1. The van der Waals surface area contributed by atoms with Crippen LogP contribution in [-0.2, 0) is 6.42 Å². The molecule has 3 N–H and O–H groups in total. The van der Waals surface area contributed by atoms with Crippen LogP contribution in [-0.4, -0.2) is 44.6 Å². The second-order valence-electron chi connectivity index (χ2n) is 10.4. The lowest BCUT2D eigenvalue weighted by atomic mass is 9.84. The molecular formula is C30H25ClF2N6O. The van der Waals surface area contributed by atoms with Crippen LogP contribution in [0.5, 0.6) is 0 Å². The molecule has 0 radical (unpaired) electrons. The molecule has 3 aromatic rings. The molecule has 3 aliphatic rings. The Morgan fingerprint density at radius 1 is 1.10 bits per heavy atom. The van der Waals surface area contributed by atoms with Crippen molar-refractivity contribution in [1.29, 1.82) is 0 Å². The minimum absolute atomic E-state index is 0.0558. The van der Waals surface area contributed by atoms with E-state index in [1.54, 1.807) is 41.6 Å². The van der Waals surface area contributed by atoms with Crippen LogP contribution in [0, 0.1) is 11.6 Å². The van der Waals surface area contributed by atoms with E-state index >= 15 is 0 Å². The molecule has 0 spiro atoms. The molecule has 10 heteroatoms. The standard InChI is InChI=1S/C30H25ClF2N6O/c1-30(34)11-12-39(16-30)28(40)17-5-8-19(9-6-17)37-29-36-14-18-7-10-20-21(26-23(32)3-2-4-24(26)33)13-25(31)35-15-22(20)27(18)38-29/h2-6,8-10,13-15H,7,11-12,16,34H2,1H3,(H,36,37,38). The molecular weight excluding hydrogens is 534 g/mol. The van der Waals surface area contributed by atoms with Crippen LogP contribution in [0.1, 0.15) is 40.5 Å². The van der Waals surface area contributed by atoms with Gasteiger partial charge in [-0.2, -0.15) is 0 Å². The van der Waals surface area contributed by atoms with Gasteiger partial charge in [-0.1, -0.05) is 23.7 Å². The fourth-order valence-corrected chi connectivity index (χ4v) is 5.33. The van der Waals surface area contributed by atoms with Gasteiger partial charge in [-0.3, -0.25) is 4.79 Å². The number of rotatable bonds is 4. The van der Waals surface area contributed by atoms with Gasteiger partial charge in [0.1, 0.15) is 16.8 Å². The third-order valence-corrected chi connectivity index (χ3v) is 7.43. The number of hydrogen-bond acceptors (Lipinski definition) is 6. The van der Waals surface area contributed by atoms with Crippen LogP contribution in [0.4, 0.5) is 20.4 Å². The number of likely N-dealkylation sites (tertiary alicyclic amines) is 1. The Labute approximate surface area is 234 Å². The molecule has 2 aliphatic heterocycles. The van der Waals surface area contributed by atoms with Gasteiger partial charge in [0.2, 0.25) is 5.95 Å². The van der Waals surface area contributed by atoms with Gasteiger partial charge in [-0.25, -0.2) is 23.7 Å². The lowest BCUT2D eigenvalue weighted by Crippen LogP contribution is -2.40. The molecule has 2 aromatic carbocycles. The van der Waals surface area contributed by atoms with Crippen molar-refractivity contribution in [3.63, 3.8) is 0 Å². The molecule has 1 atom stereocenters. The summed E-state index contributed by atoms with van der Waals surface area (Å²) in [5.74, 6) is -1.13. The molecule has 1 amide bonds. The number of aromatic nitrogens is 2. The zero-order chi connectivity index (χ0) is 28.0. The largest absolute Gasteiger partial charge is 0.337 e. The molecule has 202 valence electrons. The smallest absolute Gasteiger partial charge is 0.253 e. The van der Waals surface area contributed by atoms with E-state index in [1.165, 1.54) is 24.3 Å². The van der Waals surface area contributed by atoms with Gasteiger partial charge >= 0.3 is 0 Å². The Bertz CT molecular complexity index is 1640. The summed E-state index contributed by atoms with van der Waals surface area (Å²) in [6.07, 6.45) is 7.82. The number of amides is 1. The Hall–Kier alpha value is -4.21. The molecule has 1 saturated heterocycles. The van der Waals surface area contributed by atoms with Crippen LogP contribution in [0.15, 0.2) is 77.6 Å². The highest BCUT2D eigenvalue weighted by molar-refractivity contribution is 6.69. The van der Waals surface area contributed by atoms with Crippen molar-refractivity contribution in [2.75, 3.05) is 18.4 Å². The van der Waals surface area contributed by atoms with E-state index in [2.05, 4.69) is 15.3 Å². The minimum Gasteiger partial charge on any atom is -0.337 e. The van der Waals surface area contributed by atoms with Crippen molar-refractivity contribution < 1.29 is 13.6 Å². The van der Waals surface area contributed by atoms with Crippen LogP contribution in [0.3, 0.4) is 0 Å². The molecule has 6 rings (SSSR count). The number of aliphatic imine (C=N–C) groups is 1. The topological polar surface area (TPSA) is 96.5 Å². The third-order valence-electron chi connectivity index (χ3n) is 7.22. The number of nitrogens with one attached hydrogen (secondary N) is 1. The number of anilines is 2. The van der Waals surface area contributed by atoms with Gasteiger partial charge in [0.05, 0.1) is 11.3 Å². The summed E-state index contributed by atoms with van der Waals surface area (Å²) in [6, 6.07) is 10.8. The van der Waals surface area contributed by atoms with E-state index in [0.29, 0.717) is 59.1 Å². The number of fused-ring (bicyclic) bond motifs is 3. The zero-order valence-corrected chi connectivity index (χ0v) is 22.3. The monoisotopic (exact) mass is 558 g/mol. The lowest BCUT2D eigenvalue weighted by Gasteiger charge is -2.22. The summed E-state index contributed by atoms with van der Waals surface area (Å²) >= 11 is 6.27. The summed E-state index contributed by atoms with van der Waals surface area (Å²) in [5, 5.41) is 3.27. The maximum atomic E-state index is 14.8. The predicted octanol–water partition coefficient (Wildman–Crippen LogP) is 5.62. The van der Waals surface area contributed by atoms with Gasteiger partial charge in [0, 0.05) is 53.4 Å². The normalized spacial score (nSPS) is 20.0. The van der Waals surface area contributed by atoms with E-state index in [1.807, 2.05) is 13.0 Å². The number of halogens is 3. The van der Waals surface area contributed by atoms with Crippen molar-refractivity contribution >= 4 is 45.5 Å². The summed E-state index contributed by atoms with van der Waals surface area (Å²) in [5.41, 5.74) is 9.77. The van der Waals surface area contributed by atoms with Crippen LogP contribution >= 0.6 is 11.6 Å². The van der Waals surface area contributed by atoms with Gasteiger partial charge < -0.3 is 16.0 Å². The maximum absolute atomic E-state index is 14.8. The van der Waals surface area contributed by atoms with Crippen LogP contribution in [0.25, 0.3) is 11.1 Å². The van der Waals surface area contributed by atoms with E-state index in [-0.39, 0.29) is 22.2 Å². The van der Waals surface area contributed by atoms with Gasteiger partial charge in [-0.05, 0) is 73.4 Å². The number of nitrogens with zero attached hydrogens (tertiary/aromatic N) is 4. The highest BCUT2D eigenvalue weighted by Gasteiger charge is 2.33. The number of hydrogen-bond donors (Lipinski definition) is 2. The number of allylic oxidation sites excluding steroid dienone is 5. The first-order valence-electron chi connectivity index (χ1n) is 12.8. The maximum Gasteiger partial charge on any atom is 0.253 e. The first kappa shape index (κ1) is 26.0. The second kappa shape index (κ2) is 10.1. The fourth-order valence-electron chi connectivity index (χ4n) is 5.17. The van der Waals surface area contributed by atoms with Crippen LogP contribution in [0.2, 0.25) is 0 Å². The lowest BCUT2D eigenvalue weighted by molar-refractivity contribution is 0.0785. The molecule has 1 unspecified atom stereocenters.